The van der Waals surface area contributed by atoms with E-state index in [0.29, 0.717) is 49.3 Å². The van der Waals surface area contributed by atoms with Crippen molar-refractivity contribution in [1.29, 1.82) is 0 Å². The Balaban J connectivity index is 2.01. The van der Waals surface area contributed by atoms with Crippen molar-refractivity contribution in [1.82, 2.24) is 0 Å². The minimum Gasteiger partial charge on any atom is -0.493 e. The molecule has 1 fully saturated rings. The SMILES string of the molecule is CC(C)(C(=O)c1ccc(OCCCCCN=C(N)N)cc1OCCCCCN=C(N)N)C1CCCCC1. The van der Waals surface area contributed by atoms with Crippen LogP contribution in [-0.2, 0) is 0 Å². The fourth-order valence-corrected chi connectivity index (χ4v) is 4.83. The number of hydrogen-bond donors (Lipinski definition) is 4. The molecule has 8 N–H and O–H groups in total. The molecule has 9 heteroatoms. The van der Waals surface area contributed by atoms with Gasteiger partial charge in [-0.2, -0.15) is 0 Å². The van der Waals surface area contributed by atoms with E-state index in [1.807, 2.05) is 18.2 Å². The number of nitrogens with zero attached hydrogens (tertiary/aromatic N) is 2. The van der Waals surface area contributed by atoms with Gasteiger partial charge in [0.1, 0.15) is 11.5 Å². The summed E-state index contributed by atoms with van der Waals surface area (Å²) in [5.74, 6) is 2.09. The van der Waals surface area contributed by atoms with E-state index in [-0.39, 0.29) is 17.7 Å². The molecule has 2 rings (SSSR count). The van der Waals surface area contributed by atoms with Gasteiger partial charge in [0, 0.05) is 24.6 Å². The number of carbonyl (C=O) groups is 1. The highest BCUT2D eigenvalue weighted by Gasteiger charge is 2.38. The third-order valence-corrected chi connectivity index (χ3v) is 7.13. The van der Waals surface area contributed by atoms with E-state index in [1.165, 1.54) is 19.3 Å². The number of nitrogens with two attached hydrogens (primary N) is 4. The average Bonchev–Trinajstić information content (AvgIpc) is 2.87. The van der Waals surface area contributed by atoms with Crippen molar-refractivity contribution >= 4 is 17.7 Å². The molecule has 0 bridgehead atoms. The van der Waals surface area contributed by atoms with E-state index < -0.39 is 5.41 Å². The zero-order chi connectivity index (χ0) is 27.1. The van der Waals surface area contributed by atoms with Gasteiger partial charge >= 0.3 is 0 Å². The number of ketones is 1. The minimum atomic E-state index is -0.434. The Labute approximate surface area is 222 Å². The van der Waals surface area contributed by atoms with Gasteiger partial charge in [-0.3, -0.25) is 14.8 Å². The van der Waals surface area contributed by atoms with Crippen molar-refractivity contribution in [3.05, 3.63) is 23.8 Å². The van der Waals surface area contributed by atoms with E-state index in [1.54, 1.807) is 0 Å². The second-order valence-corrected chi connectivity index (χ2v) is 10.5. The van der Waals surface area contributed by atoms with Crippen LogP contribution in [0.1, 0.15) is 94.8 Å². The lowest BCUT2D eigenvalue weighted by Gasteiger charge is -2.36. The van der Waals surface area contributed by atoms with Crippen molar-refractivity contribution in [2.45, 2.75) is 84.5 Å². The standard InChI is InChI=1S/C28H48N6O3/c1-28(2,21-12-6-3-7-13-21)25(35)23-15-14-22(36-18-10-4-8-16-33-26(29)30)20-24(23)37-19-11-5-9-17-34-27(31)32/h14-15,20-21H,3-13,16-19H2,1-2H3,(H4,29,30,33)(H4,31,32,34). The fourth-order valence-electron chi connectivity index (χ4n) is 4.83. The van der Waals surface area contributed by atoms with Gasteiger partial charge in [0.2, 0.25) is 0 Å². The Bertz CT molecular complexity index is 886. The summed E-state index contributed by atoms with van der Waals surface area (Å²) < 4.78 is 12.1. The maximum atomic E-state index is 13.8. The second kappa shape index (κ2) is 16.0. The number of benzene rings is 1. The number of aliphatic imine (C=N–C) groups is 2. The van der Waals surface area contributed by atoms with Gasteiger partial charge in [0.05, 0.1) is 18.8 Å². The monoisotopic (exact) mass is 516 g/mol. The number of ether oxygens (including phenoxy) is 2. The first-order chi connectivity index (χ1) is 17.7. The maximum Gasteiger partial charge on any atom is 0.185 e. The zero-order valence-electron chi connectivity index (χ0n) is 22.8. The molecule has 1 aliphatic rings. The summed E-state index contributed by atoms with van der Waals surface area (Å²) in [7, 11) is 0. The van der Waals surface area contributed by atoms with Crippen molar-refractivity contribution in [2.75, 3.05) is 26.3 Å². The summed E-state index contributed by atoms with van der Waals surface area (Å²) in [6, 6.07) is 5.61. The van der Waals surface area contributed by atoms with Crippen LogP contribution in [0.25, 0.3) is 0 Å². The van der Waals surface area contributed by atoms with E-state index >= 15 is 0 Å². The molecule has 0 heterocycles. The maximum absolute atomic E-state index is 13.8. The molecular formula is C28H48N6O3. The first-order valence-corrected chi connectivity index (χ1v) is 13.8. The van der Waals surface area contributed by atoms with Crippen molar-refractivity contribution < 1.29 is 14.3 Å². The smallest absolute Gasteiger partial charge is 0.185 e. The number of hydrogen-bond acceptors (Lipinski definition) is 5. The highest BCUT2D eigenvalue weighted by Crippen LogP contribution is 2.42. The lowest BCUT2D eigenvalue weighted by molar-refractivity contribution is 0.0686. The van der Waals surface area contributed by atoms with Gasteiger partial charge in [0.25, 0.3) is 0 Å². The van der Waals surface area contributed by atoms with E-state index in [0.717, 1.165) is 51.4 Å². The predicted octanol–water partition coefficient (Wildman–Crippen LogP) is 4.12. The third kappa shape index (κ3) is 10.9. The Kier molecular flexibility index (Phi) is 13.1. The normalized spacial score (nSPS) is 14.1. The molecule has 0 aromatic heterocycles. The number of rotatable bonds is 17. The van der Waals surface area contributed by atoms with E-state index in [2.05, 4.69) is 23.8 Å². The summed E-state index contributed by atoms with van der Waals surface area (Å²) in [4.78, 5) is 21.8. The van der Waals surface area contributed by atoms with Crippen LogP contribution in [-0.4, -0.2) is 44.0 Å². The fraction of sp³-hybridized carbons (Fsp3) is 0.679. The van der Waals surface area contributed by atoms with Crippen molar-refractivity contribution in [2.24, 2.45) is 44.3 Å². The molecule has 1 aromatic rings. The zero-order valence-corrected chi connectivity index (χ0v) is 22.8. The highest BCUT2D eigenvalue weighted by atomic mass is 16.5. The Hall–Kier alpha value is -2.97. The first kappa shape index (κ1) is 30.3. The third-order valence-electron chi connectivity index (χ3n) is 7.13. The Morgan fingerprint density at radius 2 is 1.41 bits per heavy atom. The summed E-state index contributed by atoms with van der Waals surface area (Å²) in [5.41, 5.74) is 21.7. The highest BCUT2D eigenvalue weighted by molar-refractivity contribution is 6.02. The Morgan fingerprint density at radius 1 is 0.838 bits per heavy atom. The van der Waals surface area contributed by atoms with Gasteiger partial charge in [-0.25, -0.2) is 0 Å². The van der Waals surface area contributed by atoms with Gasteiger partial charge in [-0.05, 0) is 69.4 Å². The summed E-state index contributed by atoms with van der Waals surface area (Å²) in [6.07, 6.45) is 11.3. The van der Waals surface area contributed by atoms with Crippen LogP contribution in [0.15, 0.2) is 28.2 Å². The molecule has 1 saturated carbocycles. The summed E-state index contributed by atoms with van der Waals surface area (Å²) >= 11 is 0. The molecule has 1 aliphatic carbocycles. The van der Waals surface area contributed by atoms with Crippen LogP contribution in [0, 0.1) is 11.3 Å². The lowest BCUT2D eigenvalue weighted by atomic mass is 9.67. The van der Waals surface area contributed by atoms with Gasteiger partial charge in [0.15, 0.2) is 17.7 Å². The lowest BCUT2D eigenvalue weighted by Crippen LogP contribution is -2.34. The molecule has 37 heavy (non-hydrogen) atoms. The first-order valence-electron chi connectivity index (χ1n) is 13.8. The number of guanidine groups is 2. The largest absolute Gasteiger partial charge is 0.493 e. The molecule has 0 spiro atoms. The van der Waals surface area contributed by atoms with Crippen molar-refractivity contribution in [3.63, 3.8) is 0 Å². The van der Waals surface area contributed by atoms with Crippen LogP contribution in [0.5, 0.6) is 11.5 Å². The molecular weight excluding hydrogens is 468 g/mol. The molecule has 0 aliphatic heterocycles. The Morgan fingerprint density at radius 3 is 1.97 bits per heavy atom. The molecule has 0 saturated heterocycles. The molecule has 9 nitrogen and oxygen atoms in total. The van der Waals surface area contributed by atoms with Crippen LogP contribution < -0.4 is 32.4 Å². The second-order valence-electron chi connectivity index (χ2n) is 10.5. The molecule has 0 atom stereocenters. The average molecular weight is 517 g/mol. The molecule has 0 amide bonds. The predicted molar refractivity (Wildman–Crippen MR) is 151 cm³/mol. The molecule has 0 unspecified atom stereocenters. The van der Waals surface area contributed by atoms with Crippen LogP contribution in [0.4, 0.5) is 0 Å². The quantitative estimate of drug-likeness (QED) is 0.105. The minimum absolute atomic E-state index is 0.116. The van der Waals surface area contributed by atoms with Crippen LogP contribution >= 0.6 is 0 Å². The van der Waals surface area contributed by atoms with Crippen LogP contribution in [0.2, 0.25) is 0 Å². The van der Waals surface area contributed by atoms with Crippen LogP contribution in [0.3, 0.4) is 0 Å². The van der Waals surface area contributed by atoms with E-state index in [9.17, 15) is 4.79 Å². The molecule has 0 radical (unpaired) electrons. The molecule has 208 valence electrons. The summed E-state index contributed by atoms with van der Waals surface area (Å²) in [5, 5.41) is 0. The topological polar surface area (TPSA) is 164 Å². The summed E-state index contributed by atoms with van der Waals surface area (Å²) in [6.45, 7) is 6.50. The number of Topliss-reactive ketones (excluding diaryl/α,β-unsaturated/α-hetero) is 1. The van der Waals surface area contributed by atoms with Gasteiger partial charge in [-0.1, -0.05) is 33.1 Å². The van der Waals surface area contributed by atoms with Crippen molar-refractivity contribution in [3.8, 4) is 11.5 Å². The van der Waals surface area contributed by atoms with Gasteiger partial charge < -0.3 is 32.4 Å². The molecule has 1 aromatic carbocycles. The number of unbranched alkanes of at least 4 members (excludes halogenated alkanes) is 4. The number of carbonyl (C=O) groups excluding carboxylic acids is 1. The van der Waals surface area contributed by atoms with Gasteiger partial charge in [-0.15, -0.1) is 0 Å². The van der Waals surface area contributed by atoms with E-state index in [4.69, 9.17) is 32.4 Å².